The summed E-state index contributed by atoms with van der Waals surface area (Å²) in [5, 5.41) is 6.59. The first-order chi connectivity index (χ1) is 13.6. The van der Waals surface area contributed by atoms with Crippen LogP contribution < -0.4 is 10.6 Å². The Morgan fingerprint density at radius 2 is 1.83 bits per heavy atom. The summed E-state index contributed by atoms with van der Waals surface area (Å²) in [6, 6.07) is 8.15. The van der Waals surface area contributed by atoms with E-state index in [1.54, 1.807) is 0 Å². The van der Waals surface area contributed by atoms with Crippen molar-refractivity contribution >= 4 is 42.3 Å². The molecular weight excluding hydrogens is 423 g/mol. The van der Waals surface area contributed by atoms with Gasteiger partial charge in [0.25, 0.3) is 0 Å². The molecule has 4 rings (SSSR count). The minimum absolute atomic E-state index is 0. The van der Waals surface area contributed by atoms with E-state index in [-0.39, 0.29) is 42.7 Å². The highest BCUT2D eigenvalue weighted by Crippen LogP contribution is 2.33. The quantitative estimate of drug-likeness (QED) is 0.730. The molecule has 0 spiro atoms. The Kier molecular flexibility index (Phi) is 9.41. The standard InChI is InChI=1S/C22H32N4O2.2ClH/c1-25-9-11-26(12-10-25)21(27)14-16-5-4-7-18(13-16)23-22(28)20-15-17-6-2-3-8-19(17)24-20;;/h4-5,7,13,17,19-20,24H,2-3,6,8-12,14-15H2,1H3,(H,23,28);2*1H. The van der Waals surface area contributed by atoms with Gasteiger partial charge in [-0.25, -0.2) is 0 Å². The van der Waals surface area contributed by atoms with E-state index in [0.717, 1.165) is 43.9 Å². The third-order valence-corrected chi connectivity index (χ3v) is 6.59. The topological polar surface area (TPSA) is 64.7 Å². The Balaban J connectivity index is 0.00000160. The fourth-order valence-corrected chi connectivity index (χ4v) is 4.85. The first-order valence-corrected chi connectivity index (χ1v) is 10.7. The van der Waals surface area contributed by atoms with Crippen LogP contribution in [0.25, 0.3) is 0 Å². The van der Waals surface area contributed by atoms with Crippen LogP contribution in [0.4, 0.5) is 5.69 Å². The van der Waals surface area contributed by atoms with Gasteiger partial charge in [-0.05, 0) is 49.9 Å². The molecule has 168 valence electrons. The molecule has 3 aliphatic rings. The molecule has 3 atom stereocenters. The van der Waals surface area contributed by atoms with Gasteiger partial charge in [0, 0.05) is 37.9 Å². The van der Waals surface area contributed by atoms with Crippen molar-refractivity contribution in [3.63, 3.8) is 0 Å². The zero-order valence-corrected chi connectivity index (χ0v) is 19.3. The number of carbonyl (C=O) groups excluding carboxylic acids is 2. The van der Waals surface area contributed by atoms with Crippen molar-refractivity contribution in [3.8, 4) is 0 Å². The molecule has 2 saturated heterocycles. The number of halogens is 2. The molecular formula is C22H34Cl2N4O2. The maximum absolute atomic E-state index is 12.7. The molecule has 0 bridgehead atoms. The molecule has 1 saturated carbocycles. The Bertz CT molecular complexity index is 711. The van der Waals surface area contributed by atoms with Crippen LogP contribution >= 0.6 is 24.8 Å². The Labute approximate surface area is 192 Å². The van der Waals surface area contributed by atoms with Crippen LogP contribution in [-0.2, 0) is 16.0 Å². The van der Waals surface area contributed by atoms with Gasteiger partial charge < -0.3 is 20.4 Å². The second kappa shape index (κ2) is 11.3. The lowest BCUT2D eigenvalue weighted by Gasteiger charge is -2.32. The van der Waals surface area contributed by atoms with E-state index in [0.29, 0.717) is 18.4 Å². The predicted molar refractivity (Wildman–Crippen MR) is 125 cm³/mol. The van der Waals surface area contributed by atoms with Crippen molar-refractivity contribution in [1.29, 1.82) is 0 Å². The Morgan fingerprint density at radius 3 is 2.57 bits per heavy atom. The maximum Gasteiger partial charge on any atom is 0.241 e. The van der Waals surface area contributed by atoms with Gasteiger partial charge in [-0.1, -0.05) is 25.0 Å². The number of hydrogen-bond acceptors (Lipinski definition) is 4. The van der Waals surface area contributed by atoms with Gasteiger partial charge in [-0.3, -0.25) is 9.59 Å². The smallest absolute Gasteiger partial charge is 0.241 e. The third-order valence-electron chi connectivity index (χ3n) is 6.59. The summed E-state index contributed by atoms with van der Waals surface area (Å²) < 4.78 is 0. The minimum Gasteiger partial charge on any atom is -0.340 e. The summed E-state index contributed by atoms with van der Waals surface area (Å²) in [7, 11) is 2.09. The summed E-state index contributed by atoms with van der Waals surface area (Å²) in [5.41, 5.74) is 1.74. The average Bonchev–Trinajstić information content (AvgIpc) is 3.13. The predicted octanol–water partition coefficient (Wildman–Crippen LogP) is 2.71. The van der Waals surface area contributed by atoms with Gasteiger partial charge in [-0.15, -0.1) is 24.8 Å². The third kappa shape index (κ3) is 6.10. The molecule has 1 aromatic carbocycles. The Morgan fingerprint density at radius 1 is 1.10 bits per heavy atom. The molecule has 0 aromatic heterocycles. The van der Waals surface area contributed by atoms with Gasteiger partial charge >= 0.3 is 0 Å². The molecule has 0 radical (unpaired) electrons. The number of fused-ring (bicyclic) bond motifs is 1. The summed E-state index contributed by atoms with van der Waals surface area (Å²) in [6.07, 6.45) is 6.33. The van der Waals surface area contributed by atoms with Crippen molar-refractivity contribution in [2.45, 2.75) is 50.6 Å². The SMILES string of the molecule is CN1CCN(C(=O)Cc2cccc(NC(=O)C3CC4CCCCC4N3)c2)CC1.Cl.Cl. The fourth-order valence-electron chi connectivity index (χ4n) is 4.85. The van der Waals surface area contributed by atoms with Crippen molar-refractivity contribution in [3.05, 3.63) is 29.8 Å². The molecule has 1 aliphatic carbocycles. The molecule has 1 aromatic rings. The zero-order chi connectivity index (χ0) is 19.5. The van der Waals surface area contributed by atoms with Crippen molar-refractivity contribution in [2.24, 2.45) is 5.92 Å². The second-order valence-electron chi connectivity index (χ2n) is 8.66. The molecule has 8 heteroatoms. The van der Waals surface area contributed by atoms with Crippen LogP contribution in [0.15, 0.2) is 24.3 Å². The van der Waals surface area contributed by atoms with Crippen molar-refractivity contribution in [2.75, 3.05) is 38.5 Å². The minimum atomic E-state index is -0.0938. The van der Waals surface area contributed by atoms with Crippen LogP contribution in [0.5, 0.6) is 0 Å². The van der Waals surface area contributed by atoms with Crippen LogP contribution in [-0.4, -0.2) is 66.9 Å². The zero-order valence-electron chi connectivity index (χ0n) is 17.6. The van der Waals surface area contributed by atoms with E-state index >= 15 is 0 Å². The number of benzene rings is 1. The molecule has 2 aliphatic heterocycles. The summed E-state index contributed by atoms with van der Waals surface area (Å²) in [4.78, 5) is 29.5. The highest BCUT2D eigenvalue weighted by molar-refractivity contribution is 5.95. The van der Waals surface area contributed by atoms with E-state index in [1.807, 2.05) is 29.2 Å². The van der Waals surface area contributed by atoms with Crippen molar-refractivity contribution in [1.82, 2.24) is 15.1 Å². The summed E-state index contributed by atoms with van der Waals surface area (Å²) >= 11 is 0. The van der Waals surface area contributed by atoms with Gasteiger partial charge in [0.15, 0.2) is 0 Å². The van der Waals surface area contributed by atoms with E-state index in [4.69, 9.17) is 0 Å². The molecule has 3 unspecified atom stereocenters. The lowest BCUT2D eigenvalue weighted by molar-refractivity contribution is -0.132. The lowest BCUT2D eigenvalue weighted by atomic mass is 9.85. The van der Waals surface area contributed by atoms with E-state index in [1.165, 1.54) is 25.7 Å². The summed E-state index contributed by atoms with van der Waals surface area (Å²) in [5.74, 6) is 0.868. The Hall–Kier alpha value is -1.34. The lowest BCUT2D eigenvalue weighted by Crippen LogP contribution is -2.47. The molecule has 6 nitrogen and oxygen atoms in total. The molecule has 2 amide bonds. The average molecular weight is 457 g/mol. The van der Waals surface area contributed by atoms with Gasteiger partial charge in [0.1, 0.15) is 0 Å². The van der Waals surface area contributed by atoms with Crippen LogP contribution in [0.2, 0.25) is 0 Å². The normalized spacial score (nSPS) is 26.2. The number of rotatable bonds is 4. The number of hydrogen-bond donors (Lipinski definition) is 2. The number of nitrogens with one attached hydrogen (secondary N) is 2. The van der Waals surface area contributed by atoms with Gasteiger partial charge in [0.2, 0.25) is 11.8 Å². The second-order valence-corrected chi connectivity index (χ2v) is 8.66. The number of anilines is 1. The van der Waals surface area contributed by atoms with E-state index < -0.39 is 0 Å². The van der Waals surface area contributed by atoms with Crippen LogP contribution in [0.1, 0.15) is 37.7 Å². The molecule has 3 fully saturated rings. The number of carbonyl (C=O) groups is 2. The first-order valence-electron chi connectivity index (χ1n) is 10.7. The van der Waals surface area contributed by atoms with Crippen LogP contribution in [0.3, 0.4) is 0 Å². The largest absolute Gasteiger partial charge is 0.340 e. The van der Waals surface area contributed by atoms with Crippen molar-refractivity contribution < 1.29 is 9.59 Å². The monoisotopic (exact) mass is 456 g/mol. The number of amides is 2. The van der Waals surface area contributed by atoms with Gasteiger partial charge in [-0.2, -0.15) is 0 Å². The molecule has 2 heterocycles. The summed E-state index contributed by atoms with van der Waals surface area (Å²) in [6.45, 7) is 3.44. The van der Waals surface area contributed by atoms with Gasteiger partial charge in [0.05, 0.1) is 12.5 Å². The molecule has 2 N–H and O–H groups in total. The molecule has 30 heavy (non-hydrogen) atoms. The highest BCUT2D eigenvalue weighted by Gasteiger charge is 2.38. The number of likely N-dealkylation sites (N-methyl/N-ethyl adjacent to an activating group) is 1. The maximum atomic E-state index is 12.7. The van der Waals surface area contributed by atoms with E-state index in [2.05, 4.69) is 22.6 Å². The fraction of sp³-hybridized carbons (Fsp3) is 0.636. The van der Waals surface area contributed by atoms with E-state index in [9.17, 15) is 9.59 Å². The highest BCUT2D eigenvalue weighted by atomic mass is 35.5. The number of piperazine rings is 1. The number of nitrogens with zero attached hydrogens (tertiary/aromatic N) is 2. The van der Waals surface area contributed by atoms with Crippen LogP contribution in [0, 0.1) is 5.92 Å². The first kappa shape index (κ1) is 24.9.